The molecule has 7 nitrogen and oxygen atoms in total. The topological polar surface area (TPSA) is 66.4 Å². The van der Waals surface area contributed by atoms with E-state index in [1.54, 1.807) is 0 Å². The van der Waals surface area contributed by atoms with Crippen molar-refractivity contribution in [2.75, 3.05) is 46.4 Å². The molecule has 2 fully saturated rings. The lowest BCUT2D eigenvalue weighted by atomic mass is 10.0. The fraction of sp³-hybridized carbons (Fsp3) is 0.909. The number of rotatable bonds is 9. The molecule has 1 aliphatic heterocycles. The number of carbonyl (C=O) groups is 1. The number of aliphatic imine (C=N–C) groups is 1. The smallest absolute Gasteiger partial charge is 0.410 e. The standard InChI is InChI=1S/C22H42N4O3.HI/c1-6-7-15-28-16-12-24-20(23-5)25-13-10-19(11-14-25)26(17-18-8-9-18)21(27)29-22(2,3)4;/h18-19H,6-17H2,1-5H3,(H,23,24);1H. The van der Waals surface area contributed by atoms with Gasteiger partial charge in [-0.25, -0.2) is 4.79 Å². The zero-order chi connectivity index (χ0) is 21.3. The van der Waals surface area contributed by atoms with Gasteiger partial charge in [-0.1, -0.05) is 13.3 Å². The molecule has 0 atom stereocenters. The number of amides is 1. The van der Waals surface area contributed by atoms with Gasteiger partial charge in [0, 0.05) is 45.9 Å². The number of ether oxygens (including phenoxy) is 2. The SMILES string of the molecule is CCCCOCCNC(=NC)N1CCC(N(CC2CC2)C(=O)OC(C)(C)C)CC1.I. The van der Waals surface area contributed by atoms with E-state index in [0.717, 1.165) is 64.4 Å². The fourth-order valence-electron chi connectivity index (χ4n) is 3.58. The van der Waals surface area contributed by atoms with Crippen molar-refractivity contribution in [2.24, 2.45) is 10.9 Å². The number of hydrogen-bond donors (Lipinski definition) is 1. The van der Waals surface area contributed by atoms with Gasteiger partial charge in [-0.3, -0.25) is 4.99 Å². The Morgan fingerprint density at radius 2 is 1.83 bits per heavy atom. The summed E-state index contributed by atoms with van der Waals surface area (Å²) in [4.78, 5) is 21.5. The van der Waals surface area contributed by atoms with Crippen molar-refractivity contribution in [3.63, 3.8) is 0 Å². The van der Waals surface area contributed by atoms with Crippen LogP contribution in [0.25, 0.3) is 0 Å². The lowest BCUT2D eigenvalue weighted by Gasteiger charge is -2.40. The average Bonchev–Trinajstić information content (AvgIpc) is 3.49. The average molecular weight is 539 g/mol. The van der Waals surface area contributed by atoms with Crippen molar-refractivity contribution < 1.29 is 14.3 Å². The van der Waals surface area contributed by atoms with E-state index in [0.29, 0.717) is 12.5 Å². The number of nitrogens with one attached hydrogen (secondary N) is 1. The molecule has 0 radical (unpaired) electrons. The van der Waals surface area contributed by atoms with Crippen LogP contribution in [0.4, 0.5) is 4.79 Å². The van der Waals surface area contributed by atoms with Crippen LogP contribution in [0, 0.1) is 5.92 Å². The Bertz CT molecular complexity index is 527. The van der Waals surface area contributed by atoms with Crippen molar-refractivity contribution in [1.29, 1.82) is 0 Å². The van der Waals surface area contributed by atoms with Gasteiger partial charge < -0.3 is 24.6 Å². The summed E-state index contributed by atoms with van der Waals surface area (Å²) in [6, 6.07) is 0.247. The van der Waals surface area contributed by atoms with Crippen molar-refractivity contribution >= 4 is 36.0 Å². The lowest BCUT2D eigenvalue weighted by molar-refractivity contribution is 0.00926. The van der Waals surface area contributed by atoms with Crippen LogP contribution >= 0.6 is 24.0 Å². The summed E-state index contributed by atoms with van der Waals surface area (Å²) in [5.74, 6) is 1.58. The van der Waals surface area contributed by atoms with Crippen molar-refractivity contribution in [3.8, 4) is 0 Å². The maximum absolute atomic E-state index is 12.8. The Morgan fingerprint density at radius 3 is 2.37 bits per heavy atom. The van der Waals surface area contributed by atoms with E-state index >= 15 is 0 Å². The summed E-state index contributed by atoms with van der Waals surface area (Å²) in [6.45, 7) is 12.9. The Hall–Kier alpha value is -0.770. The van der Waals surface area contributed by atoms with E-state index < -0.39 is 5.60 Å². The van der Waals surface area contributed by atoms with Crippen LogP contribution in [0.3, 0.4) is 0 Å². The normalized spacial score (nSPS) is 18.0. The minimum Gasteiger partial charge on any atom is -0.444 e. The molecule has 1 aliphatic carbocycles. The van der Waals surface area contributed by atoms with Gasteiger partial charge in [0.1, 0.15) is 5.60 Å². The van der Waals surface area contributed by atoms with Crippen molar-refractivity contribution in [1.82, 2.24) is 15.1 Å². The van der Waals surface area contributed by atoms with Crippen LogP contribution in [0.1, 0.15) is 66.2 Å². The Labute approximate surface area is 200 Å². The number of piperidine rings is 1. The van der Waals surface area contributed by atoms with E-state index in [1.165, 1.54) is 12.8 Å². The molecule has 2 rings (SSSR count). The highest BCUT2D eigenvalue weighted by atomic mass is 127. The molecule has 0 unspecified atom stereocenters. The summed E-state index contributed by atoms with van der Waals surface area (Å²) in [7, 11) is 1.83. The quantitative estimate of drug-likeness (QED) is 0.207. The molecule has 30 heavy (non-hydrogen) atoms. The van der Waals surface area contributed by atoms with Crippen LogP contribution in [0.15, 0.2) is 4.99 Å². The van der Waals surface area contributed by atoms with E-state index in [2.05, 4.69) is 22.1 Å². The second-order valence-corrected chi connectivity index (χ2v) is 9.23. The number of halogens is 1. The molecule has 0 aromatic carbocycles. The Balaban J connectivity index is 0.00000450. The molecule has 0 aromatic heterocycles. The summed E-state index contributed by atoms with van der Waals surface area (Å²) < 4.78 is 11.3. The number of likely N-dealkylation sites (tertiary alicyclic amines) is 1. The molecule has 1 amide bonds. The zero-order valence-corrected chi connectivity index (χ0v) is 21.9. The second-order valence-electron chi connectivity index (χ2n) is 9.23. The van der Waals surface area contributed by atoms with Gasteiger partial charge in [0.05, 0.1) is 6.61 Å². The molecule has 0 spiro atoms. The first-order valence-electron chi connectivity index (χ1n) is 11.4. The fourth-order valence-corrected chi connectivity index (χ4v) is 3.58. The largest absolute Gasteiger partial charge is 0.444 e. The van der Waals surface area contributed by atoms with E-state index in [1.807, 2.05) is 32.7 Å². The van der Waals surface area contributed by atoms with Gasteiger partial charge in [-0.05, 0) is 58.8 Å². The number of guanidine groups is 1. The molecular formula is C22H43IN4O3. The monoisotopic (exact) mass is 538 g/mol. The third kappa shape index (κ3) is 10.0. The Morgan fingerprint density at radius 1 is 1.17 bits per heavy atom. The summed E-state index contributed by atoms with van der Waals surface area (Å²) >= 11 is 0. The lowest BCUT2D eigenvalue weighted by Crippen LogP contribution is -2.52. The maximum Gasteiger partial charge on any atom is 0.410 e. The van der Waals surface area contributed by atoms with Crippen LogP contribution in [0.5, 0.6) is 0 Å². The molecule has 1 saturated heterocycles. The number of hydrogen-bond acceptors (Lipinski definition) is 4. The summed E-state index contributed by atoms with van der Waals surface area (Å²) in [5, 5.41) is 3.40. The first-order valence-corrected chi connectivity index (χ1v) is 11.4. The molecular weight excluding hydrogens is 495 g/mol. The van der Waals surface area contributed by atoms with Crippen LogP contribution < -0.4 is 5.32 Å². The van der Waals surface area contributed by atoms with Crippen LogP contribution in [-0.4, -0.2) is 79.9 Å². The number of nitrogens with zero attached hydrogens (tertiary/aromatic N) is 3. The molecule has 0 bridgehead atoms. The molecule has 1 N–H and O–H groups in total. The maximum atomic E-state index is 12.8. The molecule has 1 heterocycles. The number of unbranched alkanes of at least 4 members (excludes halogenated alkanes) is 1. The molecule has 8 heteroatoms. The second kappa shape index (κ2) is 13.6. The first-order chi connectivity index (χ1) is 13.8. The van der Waals surface area contributed by atoms with E-state index in [4.69, 9.17) is 9.47 Å². The molecule has 176 valence electrons. The minimum absolute atomic E-state index is 0. The van der Waals surface area contributed by atoms with Gasteiger partial charge >= 0.3 is 6.09 Å². The highest BCUT2D eigenvalue weighted by Gasteiger charge is 2.35. The van der Waals surface area contributed by atoms with Crippen molar-refractivity contribution in [2.45, 2.75) is 77.9 Å². The van der Waals surface area contributed by atoms with Crippen LogP contribution in [-0.2, 0) is 9.47 Å². The van der Waals surface area contributed by atoms with Gasteiger partial charge in [0.2, 0.25) is 0 Å². The van der Waals surface area contributed by atoms with Gasteiger partial charge in [0.15, 0.2) is 5.96 Å². The summed E-state index contributed by atoms with van der Waals surface area (Å²) in [6.07, 6.45) is 6.46. The molecule has 1 saturated carbocycles. The van der Waals surface area contributed by atoms with Gasteiger partial charge in [-0.2, -0.15) is 0 Å². The van der Waals surface area contributed by atoms with E-state index in [-0.39, 0.29) is 36.1 Å². The Kier molecular flexibility index (Phi) is 12.4. The first kappa shape index (κ1) is 27.3. The highest BCUT2D eigenvalue weighted by molar-refractivity contribution is 14.0. The van der Waals surface area contributed by atoms with Gasteiger partial charge in [-0.15, -0.1) is 24.0 Å². The zero-order valence-electron chi connectivity index (χ0n) is 19.6. The molecule has 2 aliphatic rings. The molecule has 0 aromatic rings. The van der Waals surface area contributed by atoms with Crippen LogP contribution in [0.2, 0.25) is 0 Å². The third-order valence-electron chi connectivity index (χ3n) is 5.37. The predicted octanol–water partition coefficient (Wildman–Crippen LogP) is 4.11. The van der Waals surface area contributed by atoms with Crippen molar-refractivity contribution in [3.05, 3.63) is 0 Å². The summed E-state index contributed by atoms with van der Waals surface area (Å²) in [5.41, 5.74) is -0.454. The highest BCUT2D eigenvalue weighted by Crippen LogP contribution is 2.32. The third-order valence-corrected chi connectivity index (χ3v) is 5.37. The minimum atomic E-state index is -0.454. The predicted molar refractivity (Wildman–Crippen MR) is 133 cm³/mol. The van der Waals surface area contributed by atoms with Gasteiger partial charge in [0.25, 0.3) is 0 Å². The number of carbonyl (C=O) groups excluding carboxylic acids is 1. The van der Waals surface area contributed by atoms with E-state index in [9.17, 15) is 4.79 Å².